The van der Waals surface area contributed by atoms with Gasteiger partial charge in [-0.2, -0.15) is 5.26 Å². The summed E-state index contributed by atoms with van der Waals surface area (Å²) in [6.07, 6.45) is 1.67. The van der Waals surface area contributed by atoms with E-state index < -0.39 is 0 Å². The first-order valence-corrected chi connectivity index (χ1v) is 5.65. The number of imidazole rings is 1. The molecule has 0 aliphatic carbocycles. The fourth-order valence-corrected chi connectivity index (χ4v) is 1.80. The summed E-state index contributed by atoms with van der Waals surface area (Å²) in [5.74, 6) is 0.517. The van der Waals surface area contributed by atoms with Gasteiger partial charge in [0.1, 0.15) is 17.5 Å². The zero-order chi connectivity index (χ0) is 12.4. The first kappa shape index (κ1) is 11.4. The summed E-state index contributed by atoms with van der Waals surface area (Å²) in [4.78, 5) is 4.27. The molecule has 0 radical (unpaired) electrons. The molecule has 0 aliphatic rings. The van der Waals surface area contributed by atoms with Gasteiger partial charge in [0.15, 0.2) is 0 Å². The molecule has 2 aromatic rings. The average Bonchev–Trinajstić information content (AvgIpc) is 2.70. The third-order valence-corrected chi connectivity index (χ3v) is 2.89. The fourth-order valence-electron chi connectivity index (χ4n) is 1.80. The monoisotopic (exact) mass is 225 g/mol. The van der Waals surface area contributed by atoms with Crippen molar-refractivity contribution in [2.24, 2.45) is 7.05 Å². The molecule has 1 aromatic heterocycles. The second kappa shape index (κ2) is 4.42. The maximum atomic E-state index is 9.08. The number of rotatable bonds is 2. The lowest BCUT2D eigenvalue weighted by Gasteiger charge is -2.05. The number of nitriles is 1. The van der Waals surface area contributed by atoms with E-state index in [1.54, 1.807) is 10.9 Å². The van der Waals surface area contributed by atoms with Gasteiger partial charge in [0.25, 0.3) is 0 Å². The van der Waals surface area contributed by atoms with Crippen LogP contribution in [0, 0.1) is 11.3 Å². The van der Waals surface area contributed by atoms with Crippen LogP contribution < -0.4 is 0 Å². The summed E-state index contributed by atoms with van der Waals surface area (Å²) in [5.41, 5.74) is 3.64. The molecule has 0 aliphatic heterocycles. The van der Waals surface area contributed by atoms with E-state index in [0.29, 0.717) is 11.6 Å². The topological polar surface area (TPSA) is 41.6 Å². The lowest BCUT2D eigenvalue weighted by Crippen LogP contribution is -1.91. The molecule has 2 rings (SSSR count). The number of hydrogen-bond acceptors (Lipinski definition) is 2. The number of benzene rings is 1. The van der Waals surface area contributed by atoms with Crippen LogP contribution in [0.2, 0.25) is 0 Å². The van der Waals surface area contributed by atoms with Crippen molar-refractivity contribution in [2.75, 3.05) is 0 Å². The van der Waals surface area contributed by atoms with Crippen molar-refractivity contribution in [1.29, 1.82) is 5.26 Å². The SMILES string of the molecule is CC(C)c1ccc(-c2ncn(C)c2C#N)cc1. The molecule has 0 unspecified atom stereocenters. The van der Waals surface area contributed by atoms with Crippen LogP contribution in [0.25, 0.3) is 11.3 Å². The van der Waals surface area contributed by atoms with Gasteiger partial charge in [-0.3, -0.25) is 0 Å². The van der Waals surface area contributed by atoms with Crippen LogP contribution in [0.3, 0.4) is 0 Å². The van der Waals surface area contributed by atoms with Gasteiger partial charge in [0, 0.05) is 12.6 Å². The highest BCUT2D eigenvalue weighted by Crippen LogP contribution is 2.23. The van der Waals surface area contributed by atoms with Gasteiger partial charge >= 0.3 is 0 Å². The maximum absolute atomic E-state index is 9.08. The van der Waals surface area contributed by atoms with E-state index in [9.17, 15) is 0 Å². The lowest BCUT2D eigenvalue weighted by molar-refractivity contribution is 0.867. The van der Waals surface area contributed by atoms with Crippen LogP contribution in [0.5, 0.6) is 0 Å². The minimum Gasteiger partial charge on any atom is -0.325 e. The highest BCUT2D eigenvalue weighted by atomic mass is 15.0. The van der Waals surface area contributed by atoms with Crippen LogP contribution >= 0.6 is 0 Å². The molecule has 0 atom stereocenters. The summed E-state index contributed by atoms with van der Waals surface area (Å²) in [6.45, 7) is 4.33. The van der Waals surface area contributed by atoms with E-state index in [-0.39, 0.29) is 0 Å². The second-order valence-electron chi connectivity index (χ2n) is 4.44. The van der Waals surface area contributed by atoms with E-state index in [4.69, 9.17) is 5.26 Å². The molecule has 3 heteroatoms. The van der Waals surface area contributed by atoms with Crippen molar-refractivity contribution in [3.8, 4) is 17.3 Å². The summed E-state index contributed by atoms with van der Waals surface area (Å²) < 4.78 is 1.74. The van der Waals surface area contributed by atoms with Crippen molar-refractivity contribution < 1.29 is 0 Å². The molecule has 0 N–H and O–H groups in total. The summed E-state index contributed by atoms with van der Waals surface area (Å²) in [6, 6.07) is 10.4. The Hall–Kier alpha value is -2.08. The van der Waals surface area contributed by atoms with E-state index in [2.05, 4.69) is 37.0 Å². The minimum absolute atomic E-state index is 0.517. The predicted molar refractivity (Wildman–Crippen MR) is 67.4 cm³/mol. The van der Waals surface area contributed by atoms with Gasteiger partial charge < -0.3 is 4.57 Å². The molecule has 0 amide bonds. The van der Waals surface area contributed by atoms with Crippen molar-refractivity contribution in [3.63, 3.8) is 0 Å². The predicted octanol–water partition coefficient (Wildman–Crippen LogP) is 3.08. The smallest absolute Gasteiger partial charge is 0.147 e. The van der Waals surface area contributed by atoms with E-state index >= 15 is 0 Å². The van der Waals surface area contributed by atoms with Gasteiger partial charge in [0.2, 0.25) is 0 Å². The van der Waals surface area contributed by atoms with E-state index in [0.717, 1.165) is 11.3 Å². The number of hydrogen-bond donors (Lipinski definition) is 0. The Kier molecular flexibility index (Phi) is 2.97. The van der Waals surface area contributed by atoms with Gasteiger partial charge in [-0.05, 0) is 11.5 Å². The largest absolute Gasteiger partial charge is 0.325 e. The highest BCUT2D eigenvalue weighted by Gasteiger charge is 2.10. The van der Waals surface area contributed by atoms with Crippen LogP contribution in [0.15, 0.2) is 30.6 Å². The zero-order valence-corrected chi connectivity index (χ0v) is 10.3. The Morgan fingerprint density at radius 1 is 1.24 bits per heavy atom. The molecule has 3 nitrogen and oxygen atoms in total. The van der Waals surface area contributed by atoms with Gasteiger partial charge in [0.05, 0.1) is 6.33 Å². The highest BCUT2D eigenvalue weighted by molar-refractivity contribution is 5.65. The first-order chi connectivity index (χ1) is 8.13. The van der Waals surface area contributed by atoms with Crippen LogP contribution in [0.4, 0.5) is 0 Å². The molecule has 0 fully saturated rings. The second-order valence-corrected chi connectivity index (χ2v) is 4.44. The lowest BCUT2D eigenvalue weighted by atomic mass is 10.0. The molecule has 1 heterocycles. The molecular weight excluding hydrogens is 210 g/mol. The van der Waals surface area contributed by atoms with Crippen molar-refractivity contribution in [1.82, 2.24) is 9.55 Å². The Morgan fingerprint density at radius 2 is 1.88 bits per heavy atom. The Bertz CT molecular complexity index is 556. The first-order valence-electron chi connectivity index (χ1n) is 5.65. The number of nitrogens with zero attached hydrogens (tertiary/aromatic N) is 3. The van der Waals surface area contributed by atoms with E-state index in [1.165, 1.54) is 5.56 Å². The zero-order valence-electron chi connectivity index (χ0n) is 10.3. The third-order valence-electron chi connectivity index (χ3n) is 2.89. The molecule has 0 spiro atoms. The van der Waals surface area contributed by atoms with Crippen molar-refractivity contribution in [2.45, 2.75) is 19.8 Å². The molecule has 86 valence electrons. The maximum Gasteiger partial charge on any atom is 0.147 e. The van der Waals surface area contributed by atoms with Gasteiger partial charge in [-0.1, -0.05) is 38.1 Å². The van der Waals surface area contributed by atoms with Crippen molar-refractivity contribution in [3.05, 3.63) is 41.9 Å². The molecule has 17 heavy (non-hydrogen) atoms. The standard InChI is InChI=1S/C14H15N3/c1-10(2)11-4-6-12(7-5-11)14-13(8-15)17(3)9-16-14/h4-7,9-10H,1-3H3. The van der Waals surface area contributed by atoms with Crippen molar-refractivity contribution >= 4 is 0 Å². The minimum atomic E-state index is 0.517. The third kappa shape index (κ3) is 2.07. The molecule has 0 saturated carbocycles. The Morgan fingerprint density at radius 3 is 2.41 bits per heavy atom. The summed E-state index contributed by atoms with van der Waals surface area (Å²) >= 11 is 0. The normalized spacial score (nSPS) is 10.5. The fraction of sp³-hybridized carbons (Fsp3) is 0.286. The van der Waals surface area contributed by atoms with Crippen LogP contribution in [0.1, 0.15) is 31.0 Å². The summed E-state index contributed by atoms with van der Waals surface area (Å²) in [7, 11) is 1.83. The molecule has 0 saturated heterocycles. The quantitative estimate of drug-likeness (QED) is 0.788. The molecular formula is C14H15N3. The summed E-state index contributed by atoms with van der Waals surface area (Å²) in [5, 5.41) is 9.08. The van der Waals surface area contributed by atoms with Crippen LogP contribution in [-0.4, -0.2) is 9.55 Å². The van der Waals surface area contributed by atoms with Gasteiger partial charge in [-0.25, -0.2) is 4.98 Å². The Balaban J connectivity index is 2.44. The van der Waals surface area contributed by atoms with Crippen LogP contribution in [-0.2, 0) is 7.05 Å². The van der Waals surface area contributed by atoms with E-state index in [1.807, 2.05) is 19.2 Å². The number of aryl methyl sites for hydroxylation is 1. The number of aromatic nitrogens is 2. The van der Waals surface area contributed by atoms with Gasteiger partial charge in [-0.15, -0.1) is 0 Å². The average molecular weight is 225 g/mol. The molecule has 0 bridgehead atoms. The molecule has 1 aromatic carbocycles. The Labute approximate surface area is 101 Å².